The van der Waals surface area contributed by atoms with E-state index in [9.17, 15) is 14.7 Å². The van der Waals surface area contributed by atoms with Crippen molar-refractivity contribution in [3.8, 4) is 5.75 Å². The molecule has 4 heteroatoms. The predicted molar refractivity (Wildman–Crippen MR) is 87.8 cm³/mol. The highest BCUT2D eigenvalue weighted by Gasteiger charge is 2.07. The van der Waals surface area contributed by atoms with Crippen molar-refractivity contribution < 1.29 is 19.4 Å². The van der Waals surface area contributed by atoms with Gasteiger partial charge in [0.2, 0.25) is 0 Å². The highest BCUT2D eigenvalue weighted by atomic mass is 16.5. The smallest absolute Gasteiger partial charge is 0.337 e. The molecular formula is C19H20O4. The molecule has 2 rings (SSSR count). The normalized spacial score (nSPS) is 10.3. The van der Waals surface area contributed by atoms with Crippen LogP contribution in [0.5, 0.6) is 5.75 Å². The molecule has 2 aromatic carbocycles. The first-order valence-corrected chi connectivity index (χ1v) is 7.59. The fraction of sp³-hybridized carbons (Fsp3) is 0.263. The van der Waals surface area contributed by atoms with Gasteiger partial charge in [0, 0.05) is 12.0 Å². The highest BCUT2D eigenvalue weighted by Crippen LogP contribution is 2.14. The summed E-state index contributed by atoms with van der Waals surface area (Å²) in [5.41, 5.74) is 2.23. The Balaban J connectivity index is 1.80. The molecule has 0 saturated carbocycles. The molecule has 4 nitrogen and oxygen atoms in total. The quantitative estimate of drug-likeness (QED) is 0.480. The number of phenols is 1. The fourth-order valence-corrected chi connectivity index (χ4v) is 2.38. The van der Waals surface area contributed by atoms with Crippen LogP contribution in [0.2, 0.25) is 0 Å². The number of aryl methyl sites for hydroxylation is 1. The largest absolute Gasteiger partial charge is 0.508 e. The maximum absolute atomic E-state index is 12.0. The standard InChI is InChI=1S/C19H20O4/c1-23-19(22)16-7-4-6-14(13-16)5-2-3-8-18(21)15-9-11-17(20)12-10-15/h4,6-7,9-13,20H,2-3,5,8H2,1H3. The number of phenolic OH excluding ortho intramolecular Hbond substituents is 1. The summed E-state index contributed by atoms with van der Waals surface area (Å²) in [4.78, 5) is 23.5. The minimum Gasteiger partial charge on any atom is -0.508 e. The zero-order chi connectivity index (χ0) is 16.7. The van der Waals surface area contributed by atoms with Crippen LogP contribution in [0.25, 0.3) is 0 Å². The minimum absolute atomic E-state index is 0.0771. The average molecular weight is 312 g/mol. The molecule has 0 aliphatic carbocycles. The van der Waals surface area contributed by atoms with Crippen LogP contribution in [0.1, 0.15) is 45.5 Å². The summed E-state index contributed by atoms with van der Waals surface area (Å²) < 4.78 is 4.70. The van der Waals surface area contributed by atoms with E-state index in [-0.39, 0.29) is 17.5 Å². The number of rotatable bonds is 7. The summed E-state index contributed by atoms with van der Waals surface area (Å²) in [7, 11) is 1.37. The van der Waals surface area contributed by atoms with Crippen molar-refractivity contribution in [1.29, 1.82) is 0 Å². The van der Waals surface area contributed by atoms with E-state index >= 15 is 0 Å². The second-order valence-corrected chi connectivity index (χ2v) is 5.37. The van der Waals surface area contributed by atoms with Gasteiger partial charge in [0.1, 0.15) is 5.75 Å². The fourth-order valence-electron chi connectivity index (χ4n) is 2.38. The van der Waals surface area contributed by atoms with Gasteiger partial charge in [-0.15, -0.1) is 0 Å². The number of carbonyl (C=O) groups is 2. The van der Waals surface area contributed by atoms with Gasteiger partial charge in [-0.25, -0.2) is 4.79 Å². The number of esters is 1. The molecule has 0 aliphatic rings. The number of carbonyl (C=O) groups excluding carboxylic acids is 2. The molecule has 0 unspecified atom stereocenters. The third-order valence-corrected chi connectivity index (χ3v) is 3.66. The number of Topliss-reactive ketones (excluding diaryl/α,β-unsaturated/α-hetero) is 1. The summed E-state index contributed by atoms with van der Waals surface area (Å²) in [5, 5.41) is 9.21. The summed E-state index contributed by atoms with van der Waals surface area (Å²) in [6.45, 7) is 0. The van der Waals surface area contributed by atoms with E-state index in [4.69, 9.17) is 4.74 Å². The van der Waals surface area contributed by atoms with Crippen molar-refractivity contribution in [2.24, 2.45) is 0 Å². The molecule has 0 spiro atoms. The lowest BCUT2D eigenvalue weighted by Crippen LogP contribution is -2.02. The van der Waals surface area contributed by atoms with Crippen LogP contribution in [0.4, 0.5) is 0 Å². The predicted octanol–water partition coefficient (Wildman–Crippen LogP) is 3.77. The number of ether oxygens (including phenoxy) is 1. The lowest BCUT2D eigenvalue weighted by molar-refractivity contribution is 0.0600. The Hall–Kier alpha value is -2.62. The van der Waals surface area contributed by atoms with E-state index < -0.39 is 0 Å². The summed E-state index contributed by atoms with van der Waals surface area (Å²) in [6, 6.07) is 13.7. The van der Waals surface area contributed by atoms with Crippen LogP contribution in [0.3, 0.4) is 0 Å². The first kappa shape index (κ1) is 16.7. The Bertz CT molecular complexity index is 674. The second-order valence-electron chi connectivity index (χ2n) is 5.37. The number of ketones is 1. The van der Waals surface area contributed by atoms with Gasteiger partial charge in [-0.3, -0.25) is 4.79 Å². The van der Waals surface area contributed by atoms with Crippen LogP contribution >= 0.6 is 0 Å². The molecule has 0 amide bonds. The second kappa shape index (κ2) is 8.13. The summed E-state index contributed by atoms with van der Waals surface area (Å²) >= 11 is 0. The lowest BCUT2D eigenvalue weighted by atomic mass is 10.0. The molecule has 2 aromatic rings. The lowest BCUT2D eigenvalue weighted by Gasteiger charge is -2.05. The topological polar surface area (TPSA) is 63.6 Å². The minimum atomic E-state index is -0.339. The van der Waals surface area contributed by atoms with Gasteiger partial charge in [0.05, 0.1) is 12.7 Å². The summed E-state index contributed by atoms with van der Waals surface area (Å²) in [5.74, 6) is -0.102. The maximum Gasteiger partial charge on any atom is 0.337 e. The molecule has 0 fully saturated rings. The number of hydrogen-bond donors (Lipinski definition) is 1. The van der Waals surface area contributed by atoms with Crippen molar-refractivity contribution in [2.75, 3.05) is 7.11 Å². The van der Waals surface area contributed by atoms with Gasteiger partial charge in [-0.2, -0.15) is 0 Å². The number of unbranched alkanes of at least 4 members (excludes halogenated alkanes) is 1. The molecule has 120 valence electrons. The van der Waals surface area contributed by atoms with Crippen molar-refractivity contribution >= 4 is 11.8 Å². The van der Waals surface area contributed by atoms with Crippen LogP contribution in [-0.2, 0) is 11.2 Å². The van der Waals surface area contributed by atoms with Gasteiger partial charge < -0.3 is 9.84 Å². The monoisotopic (exact) mass is 312 g/mol. The van der Waals surface area contributed by atoms with E-state index in [1.165, 1.54) is 19.2 Å². The molecule has 0 aliphatic heterocycles. The van der Waals surface area contributed by atoms with Crippen molar-refractivity contribution in [1.82, 2.24) is 0 Å². The molecule has 1 N–H and O–H groups in total. The van der Waals surface area contributed by atoms with Crippen LogP contribution < -0.4 is 0 Å². The molecule has 0 aromatic heterocycles. The third kappa shape index (κ3) is 4.95. The molecule has 0 radical (unpaired) electrons. The van der Waals surface area contributed by atoms with E-state index in [1.54, 1.807) is 18.2 Å². The highest BCUT2D eigenvalue weighted by molar-refractivity contribution is 5.96. The first-order valence-electron chi connectivity index (χ1n) is 7.59. The van der Waals surface area contributed by atoms with Gasteiger partial charge in [-0.05, 0) is 61.2 Å². The van der Waals surface area contributed by atoms with Crippen molar-refractivity contribution in [2.45, 2.75) is 25.7 Å². The molecule has 0 saturated heterocycles. The van der Waals surface area contributed by atoms with E-state index in [0.717, 1.165) is 24.8 Å². The number of aromatic hydroxyl groups is 1. The maximum atomic E-state index is 12.0. The third-order valence-electron chi connectivity index (χ3n) is 3.66. The number of methoxy groups -OCH3 is 1. The van der Waals surface area contributed by atoms with E-state index in [1.807, 2.05) is 18.2 Å². The van der Waals surface area contributed by atoms with Gasteiger partial charge in [0.15, 0.2) is 5.78 Å². The van der Waals surface area contributed by atoms with Crippen LogP contribution in [0, 0.1) is 0 Å². The Labute approximate surface area is 135 Å². The number of hydrogen-bond acceptors (Lipinski definition) is 4. The zero-order valence-electron chi connectivity index (χ0n) is 13.1. The molecule has 23 heavy (non-hydrogen) atoms. The number of benzene rings is 2. The average Bonchev–Trinajstić information content (AvgIpc) is 2.58. The zero-order valence-corrected chi connectivity index (χ0v) is 13.1. The van der Waals surface area contributed by atoms with Gasteiger partial charge in [0.25, 0.3) is 0 Å². The SMILES string of the molecule is COC(=O)c1cccc(CCCCC(=O)c2ccc(O)cc2)c1. The van der Waals surface area contributed by atoms with Crippen molar-refractivity contribution in [3.05, 3.63) is 65.2 Å². The molecule has 0 atom stereocenters. The Morgan fingerprint density at radius 3 is 2.43 bits per heavy atom. The summed E-state index contributed by atoms with van der Waals surface area (Å²) in [6.07, 6.45) is 2.94. The Morgan fingerprint density at radius 1 is 1.00 bits per heavy atom. The van der Waals surface area contributed by atoms with E-state index in [2.05, 4.69) is 0 Å². The van der Waals surface area contributed by atoms with Gasteiger partial charge >= 0.3 is 5.97 Å². The van der Waals surface area contributed by atoms with Gasteiger partial charge in [-0.1, -0.05) is 12.1 Å². The van der Waals surface area contributed by atoms with Crippen LogP contribution in [0.15, 0.2) is 48.5 Å². The first-order chi connectivity index (χ1) is 11.1. The Morgan fingerprint density at radius 2 is 1.74 bits per heavy atom. The molecule has 0 bridgehead atoms. The van der Waals surface area contributed by atoms with Crippen LogP contribution in [-0.4, -0.2) is 24.0 Å². The van der Waals surface area contributed by atoms with E-state index in [0.29, 0.717) is 17.5 Å². The molecule has 0 heterocycles. The van der Waals surface area contributed by atoms with Crippen molar-refractivity contribution in [3.63, 3.8) is 0 Å². The molecular weight excluding hydrogens is 292 g/mol. The Kier molecular flexibility index (Phi) is 5.92.